The number of thiazole rings is 1. The zero-order chi connectivity index (χ0) is 43.5. The van der Waals surface area contributed by atoms with Gasteiger partial charge in [0.1, 0.15) is 54.2 Å². The Balaban J connectivity index is 1.26. The lowest BCUT2D eigenvalue weighted by molar-refractivity contribution is -0.165. The monoisotopic (exact) mass is 902 g/mol. The van der Waals surface area contributed by atoms with Crippen LogP contribution < -0.4 is 17.2 Å². The zero-order valence-corrected chi connectivity index (χ0v) is 33.8. The van der Waals surface area contributed by atoms with Crippen LogP contribution in [0, 0.1) is 0 Å². The van der Waals surface area contributed by atoms with Crippen LogP contribution in [0.25, 0.3) is 11.2 Å². The first-order valence-corrected chi connectivity index (χ1v) is 21.6. The van der Waals surface area contributed by atoms with Gasteiger partial charge in [0, 0.05) is 31.5 Å². The maximum atomic E-state index is 14.0. The number of hydrogen-bond donors (Lipinski definition) is 7. The summed E-state index contributed by atoms with van der Waals surface area (Å²) in [6.45, 7) is 1.63. The highest BCUT2D eigenvalue weighted by Gasteiger charge is 2.52. The Kier molecular flexibility index (Phi) is 13.9. The van der Waals surface area contributed by atoms with Crippen molar-refractivity contribution in [2.45, 2.75) is 74.4 Å². The van der Waals surface area contributed by atoms with Gasteiger partial charge in [-0.2, -0.15) is 4.98 Å². The van der Waals surface area contributed by atoms with Crippen LogP contribution in [0.1, 0.15) is 31.0 Å². The number of aliphatic hydroxyl groups excluding tert-OH is 2. The summed E-state index contributed by atoms with van der Waals surface area (Å²) in [4.78, 5) is 90.3. The molecule has 29 heteroatoms. The summed E-state index contributed by atoms with van der Waals surface area (Å²) in [5.41, 5.74) is 12.7. The van der Waals surface area contributed by atoms with Crippen LogP contribution in [0.5, 0.6) is 0 Å². The minimum atomic E-state index is -5.41. The zero-order valence-electron chi connectivity index (χ0n) is 31.2. The van der Waals surface area contributed by atoms with Crippen LogP contribution in [0.15, 0.2) is 53.3 Å². The van der Waals surface area contributed by atoms with Crippen molar-refractivity contribution in [1.82, 2.24) is 39.0 Å². The molecule has 0 saturated carbocycles. The molecule has 0 radical (unpaired) electrons. The molecule has 0 aliphatic carbocycles. The summed E-state index contributed by atoms with van der Waals surface area (Å²) in [6.07, 6.45) is -8.64. The predicted octanol–water partition coefficient (Wildman–Crippen LogP) is -1.22. The Labute approximate surface area is 342 Å². The SMILES string of the molecule is C=CCCC(=O)N(C)[C@H](Cc1cscn1)C(=O)OC1C(COP(=O)(O)O[C@H]2[C@@H](O)[C@H](n3ccc(N)nc3=O)O[C@@H]2COP(=O)(O)O)OC(n2cnc3c(N)ncnc32)C1O. The summed E-state index contributed by atoms with van der Waals surface area (Å²) in [7, 11) is -9.20. The number of esters is 1. The predicted molar refractivity (Wildman–Crippen MR) is 203 cm³/mol. The highest BCUT2D eigenvalue weighted by atomic mass is 32.1. The molecule has 4 aromatic heterocycles. The average molecular weight is 903 g/mol. The molecule has 0 aromatic carbocycles. The van der Waals surface area contributed by atoms with E-state index in [0.717, 1.165) is 17.1 Å². The number of nitrogens with two attached hydrogens (primary N) is 2. The molecule has 2 aliphatic heterocycles. The highest BCUT2D eigenvalue weighted by molar-refractivity contribution is 7.47. The molecule has 1 amide bonds. The van der Waals surface area contributed by atoms with Gasteiger partial charge in [-0.25, -0.2) is 38.7 Å². The first-order valence-electron chi connectivity index (χ1n) is 17.6. The number of amides is 1. The minimum absolute atomic E-state index is 0.0103. The summed E-state index contributed by atoms with van der Waals surface area (Å²) in [5, 5.41) is 24.5. The average Bonchev–Trinajstić information content (AvgIpc) is 3.99. The third-order valence-electron chi connectivity index (χ3n) is 9.30. The number of carbonyl (C=O) groups is 2. The van der Waals surface area contributed by atoms with Gasteiger partial charge in [-0.3, -0.25) is 27.5 Å². The smallest absolute Gasteiger partial charge is 0.455 e. The molecule has 326 valence electrons. The number of phosphoric acid groups is 2. The van der Waals surface area contributed by atoms with E-state index in [9.17, 15) is 48.4 Å². The number of allylic oxidation sites excluding steroid dienone is 1. The van der Waals surface area contributed by atoms with Gasteiger partial charge >= 0.3 is 27.3 Å². The lowest BCUT2D eigenvalue weighted by Crippen LogP contribution is -2.48. The third-order valence-corrected chi connectivity index (χ3v) is 11.4. The number of fused-ring (bicyclic) bond motifs is 1. The summed E-state index contributed by atoms with van der Waals surface area (Å²) in [6, 6.07) is -0.104. The van der Waals surface area contributed by atoms with Crippen LogP contribution in [-0.4, -0.2) is 139 Å². The number of hydrogen-bond acceptors (Lipinski definition) is 21. The van der Waals surface area contributed by atoms with E-state index in [1.807, 2.05) is 0 Å². The Morgan fingerprint density at radius 1 is 1.03 bits per heavy atom. The summed E-state index contributed by atoms with van der Waals surface area (Å²) in [5.74, 6) is -1.65. The van der Waals surface area contributed by atoms with Crippen molar-refractivity contribution in [3.8, 4) is 0 Å². The quantitative estimate of drug-likeness (QED) is 0.0349. The molecule has 6 rings (SSSR count). The number of imidazole rings is 1. The number of aromatic nitrogens is 7. The molecule has 0 bridgehead atoms. The van der Waals surface area contributed by atoms with Crippen LogP contribution in [-0.2, 0) is 52.9 Å². The standard InChI is InChI=1S/C31H40N10O16P2S/c1-3-4-5-20(42)39(2)16(8-15-11-60-14-37-15)30(45)56-24-17(54-29(22(24)43)41-13-36-21-26(33)34-12-35-27(21)41)10-53-59(50,51)57-25-18(9-52-58(47,48)49)55-28(23(25)44)40-7-6-19(32)38-31(40)46/h3,6-7,11-14,16-18,22-25,28-29,43-44H,1,4-5,8-10H2,2H3,(H,50,51)(H2,32,38,46)(H2,33,34,35)(H2,47,48,49)/t16-,17?,18-,22?,23-,24?,25-,28-,29?/m1/s1. The molecule has 4 aromatic rings. The first-order chi connectivity index (χ1) is 28.4. The number of nitrogen functional groups attached to an aromatic ring is 2. The third kappa shape index (κ3) is 10.3. The summed E-state index contributed by atoms with van der Waals surface area (Å²) < 4.78 is 59.5. The maximum absolute atomic E-state index is 14.0. The van der Waals surface area contributed by atoms with Gasteiger partial charge < -0.3 is 55.5 Å². The number of rotatable bonds is 18. The molecule has 5 unspecified atom stereocenters. The Morgan fingerprint density at radius 2 is 1.72 bits per heavy atom. The first kappa shape index (κ1) is 44.9. The molecule has 2 aliphatic rings. The Bertz CT molecular complexity index is 2330. The van der Waals surface area contributed by atoms with E-state index >= 15 is 0 Å². The molecule has 10 atom stereocenters. The van der Waals surface area contributed by atoms with Crippen molar-refractivity contribution in [2.75, 3.05) is 31.7 Å². The highest BCUT2D eigenvalue weighted by Crippen LogP contribution is 2.50. The van der Waals surface area contributed by atoms with Crippen molar-refractivity contribution in [3.63, 3.8) is 0 Å². The van der Waals surface area contributed by atoms with Gasteiger partial charge in [-0.05, 0) is 12.5 Å². The van der Waals surface area contributed by atoms with Crippen molar-refractivity contribution >= 4 is 61.7 Å². The van der Waals surface area contributed by atoms with Crippen LogP contribution in [0.3, 0.4) is 0 Å². The molecule has 2 saturated heterocycles. The van der Waals surface area contributed by atoms with Gasteiger partial charge in [-0.1, -0.05) is 6.08 Å². The molecule has 2 fully saturated rings. The Morgan fingerprint density at radius 3 is 2.38 bits per heavy atom. The molecule has 60 heavy (non-hydrogen) atoms. The van der Waals surface area contributed by atoms with E-state index in [1.54, 1.807) is 5.38 Å². The molecular weight excluding hydrogens is 862 g/mol. The van der Waals surface area contributed by atoms with Gasteiger partial charge in [0.15, 0.2) is 30.0 Å². The fraction of sp³-hybridized carbons (Fsp3) is 0.484. The van der Waals surface area contributed by atoms with Crippen LogP contribution in [0.2, 0.25) is 0 Å². The minimum Gasteiger partial charge on any atom is -0.455 e. The maximum Gasteiger partial charge on any atom is 0.472 e. The van der Waals surface area contributed by atoms with E-state index in [-0.39, 0.29) is 35.6 Å². The van der Waals surface area contributed by atoms with Gasteiger partial charge in [0.05, 0.1) is 30.7 Å². The molecular formula is C31H40N10O16P2S. The molecule has 0 spiro atoms. The van der Waals surface area contributed by atoms with Gasteiger partial charge in [-0.15, -0.1) is 17.9 Å². The van der Waals surface area contributed by atoms with Gasteiger partial charge in [0.25, 0.3) is 0 Å². The molecule has 6 heterocycles. The fourth-order valence-corrected chi connectivity index (χ4v) is 8.22. The second kappa shape index (κ2) is 18.6. The largest absolute Gasteiger partial charge is 0.472 e. The number of ether oxygens (including phenoxy) is 3. The fourth-order valence-electron chi connectivity index (χ4n) is 6.34. The lowest BCUT2D eigenvalue weighted by atomic mass is 10.1. The van der Waals surface area contributed by atoms with Crippen LogP contribution >= 0.6 is 27.0 Å². The van der Waals surface area contributed by atoms with E-state index in [4.69, 9.17) is 34.7 Å². The van der Waals surface area contributed by atoms with E-state index < -0.39 is 102 Å². The number of nitrogens with zero attached hydrogens (tertiary/aromatic N) is 8. The number of carbonyl (C=O) groups excluding carboxylic acids is 2. The topological polar surface area (TPSA) is 371 Å². The van der Waals surface area contributed by atoms with Crippen molar-refractivity contribution in [1.29, 1.82) is 0 Å². The normalized spacial score (nSPS) is 25.8. The van der Waals surface area contributed by atoms with E-state index in [1.165, 1.54) is 51.8 Å². The van der Waals surface area contributed by atoms with Crippen molar-refractivity contribution in [3.05, 3.63) is 64.6 Å². The second-order valence-corrected chi connectivity index (χ2v) is 16.7. The Hall–Kier alpha value is -4.60. The summed E-state index contributed by atoms with van der Waals surface area (Å²) >= 11 is 1.25. The number of anilines is 2. The molecule has 9 N–H and O–H groups in total. The van der Waals surface area contributed by atoms with Gasteiger partial charge in [0.2, 0.25) is 5.91 Å². The molecule has 26 nitrogen and oxygen atoms in total. The van der Waals surface area contributed by atoms with Crippen molar-refractivity contribution < 1.29 is 71.4 Å². The van der Waals surface area contributed by atoms with Crippen molar-refractivity contribution in [2.24, 2.45) is 0 Å². The van der Waals surface area contributed by atoms with E-state index in [2.05, 4.69) is 36.0 Å². The number of aliphatic hydroxyl groups is 2. The van der Waals surface area contributed by atoms with E-state index in [0.29, 0.717) is 12.1 Å². The second-order valence-electron chi connectivity index (χ2n) is 13.3. The lowest BCUT2D eigenvalue weighted by Gasteiger charge is -2.29. The number of likely N-dealkylation sites (N-methyl/N-ethyl adjacent to an activating group) is 1. The van der Waals surface area contributed by atoms with Crippen LogP contribution in [0.4, 0.5) is 11.6 Å². The number of phosphoric ester groups is 2.